The van der Waals surface area contributed by atoms with Crippen LogP contribution in [0.15, 0.2) is 66.7 Å². The predicted octanol–water partition coefficient (Wildman–Crippen LogP) is 6.49. The maximum Gasteiger partial charge on any atom is 0.328 e. The summed E-state index contributed by atoms with van der Waals surface area (Å²) in [4.78, 5) is 18.0. The Labute approximate surface area is 191 Å². The van der Waals surface area contributed by atoms with E-state index >= 15 is 0 Å². The van der Waals surface area contributed by atoms with E-state index < -0.39 is 14.3 Å². The lowest BCUT2D eigenvalue weighted by Crippen LogP contribution is -2.42. The van der Waals surface area contributed by atoms with Crippen LogP contribution in [0.3, 0.4) is 0 Å². The summed E-state index contributed by atoms with van der Waals surface area (Å²) in [5.74, 6) is -0.131. The number of pyridine rings is 1. The minimum absolute atomic E-state index is 0.139. The second-order valence-electron chi connectivity index (χ2n) is 9.39. The Balaban J connectivity index is 1.94. The summed E-state index contributed by atoms with van der Waals surface area (Å²) in [6.45, 7) is 12.4. The van der Waals surface area contributed by atoms with Gasteiger partial charge in [0.15, 0.2) is 8.32 Å². The molecule has 2 aromatic carbocycles. The molecule has 3 aromatic rings. The molecule has 0 atom stereocenters. The monoisotopic (exact) mass is 448 g/mol. The van der Waals surface area contributed by atoms with Crippen LogP contribution in [-0.4, -0.2) is 37.5 Å². The van der Waals surface area contributed by atoms with Crippen LogP contribution in [0.25, 0.3) is 17.0 Å². The van der Waals surface area contributed by atoms with E-state index in [9.17, 15) is 4.79 Å². The molecule has 0 aliphatic heterocycles. The molecule has 1 N–H and O–H groups in total. The lowest BCUT2D eigenvalue weighted by atomic mass is 10.1. The Bertz CT molecular complexity index is 1120. The summed E-state index contributed by atoms with van der Waals surface area (Å²) in [5, 5.41) is 10.2. The van der Waals surface area contributed by atoms with Gasteiger partial charge < -0.3 is 14.4 Å². The molecule has 1 aromatic heterocycles. The van der Waals surface area contributed by atoms with Gasteiger partial charge in [0, 0.05) is 23.7 Å². The zero-order valence-corrected chi connectivity index (χ0v) is 20.5. The van der Waals surface area contributed by atoms with Crippen molar-refractivity contribution in [2.24, 2.45) is 0 Å². The van der Waals surface area contributed by atoms with Gasteiger partial charge in [-0.25, -0.2) is 9.78 Å². The van der Waals surface area contributed by atoms with Crippen LogP contribution < -0.4 is 4.90 Å². The number of nitrogens with zero attached hydrogens (tertiary/aromatic N) is 2. The largest absolute Gasteiger partial charge is 0.478 e. The first-order valence-corrected chi connectivity index (χ1v) is 13.8. The lowest BCUT2D eigenvalue weighted by molar-refractivity contribution is -0.131. The first-order chi connectivity index (χ1) is 15.1. The highest BCUT2D eigenvalue weighted by Gasteiger charge is 2.37. The zero-order valence-electron chi connectivity index (χ0n) is 19.5. The second-order valence-corrected chi connectivity index (χ2v) is 14.2. The fourth-order valence-corrected chi connectivity index (χ4v) is 4.19. The Kier molecular flexibility index (Phi) is 7.16. The van der Waals surface area contributed by atoms with Crippen molar-refractivity contribution in [1.82, 2.24) is 4.98 Å². The van der Waals surface area contributed by atoms with Gasteiger partial charge in [0.2, 0.25) is 0 Å². The van der Waals surface area contributed by atoms with Crippen molar-refractivity contribution in [2.45, 2.75) is 38.9 Å². The van der Waals surface area contributed by atoms with Gasteiger partial charge in [-0.15, -0.1) is 0 Å². The molecule has 0 fully saturated rings. The Morgan fingerprint density at radius 2 is 1.84 bits per heavy atom. The van der Waals surface area contributed by atoms with E-state index in [1.165, 1.54) is 0 Å². The van der Waals surface area contributed by atoms with E-state index in [0.29, 0.717) is 13.2 Å². The van der Waals surface area contributed by atoms with Crippen molar-refractivity contribution in [3.63, 3.8) is 0 Å². The number of anilines is 2. The summed E-state index contributed by atoms with van der Waals surface area (Å²) >= 11 is 0. The van der Waals surface area contributed by atoms with E-state index in [0.717, 1.165) is 34.0 Å². The molecule has 0 saturated heterocycles. The average Bonchev–Trinajstić information content (AvgIpc) is 2.74. The van der Waals surface area contributed by atoms with Crippen molar-refractivity contribution >= 4 is 42.8 Å². The molecule has 0 aliphatic carbocycles. The van der Waals surface area contributed by atoms with Crippen molar-refractivity contribution in [3.05, 3.63) is 72.3 Å². The summed E-state index contributed by atoms with van der Waals surface area (Å²) in [6, 6.07) is 20.0. The second kappa shape index (κ2) is 9.67. The van der Waals surface area contributed by atoms with Crippen molar-refractivity contribution < 1.29 is 14.3 Å². The number of carboxylic acids is 1. The van der Waals surface area contributed by atoms with Gasteiger partial charge in [-0.2, -0.15) is 0 Å². The predicted molar refractivity (Wildman–Crippen MR) is 135 cm³/mol. The van der Waals surface area contributed by atoms with E-state index in [-0.39, 0.29) is 5.04 Å². The minimum Gasteiger partial charge on any atom is -0.478 e. The van der Waals surface area contributed by atoms with Crippen LogP contribution in [0.4, 0.5) is 11.5 Å². The first kappa shape index (κ1) is 23.7. The smallest absolute Gasteiger partial charge is 0.328 e. The Hall–Kier alpha value is -2.96. The SMILES string of the molecule is CC(C)(C)[Si](C)(C)OCCN(c1cccc(/C=C/C(=O)O)c1)c1ccc2ccccc2n1. The zero-order chi connectivity index (χ0) is 23.4. The number of hydrogen-bond acceptors (Lipinski definition) is 4. The topological polar surface area (TPSA) is 62.7 Å². The molecule has 168 valence electrons. The van der Waals surface area contributed by atoms with Crippen molar-refractivity contribution in [2.75, 3.05) is 18.1 Å². The molecule has 1 heterocycles. The summed E-state index contributed by atoms with van der Waals surface area (Å²) in [5.41, 5.74) is 2.70. The van der Waals surface area contributed by atoms with Gasteiger partial charge in [0.05, 0.1) is 12.1 Å². The van der Waals surface area contributed by atoms with E-state index in [1.807, 2.05) is 54.6 Å². The van der Waals surface area contributed by atoms with Gasteiger partial charge in [0.1, 0.15) is 5.82 Å². The minimum atomic E-state index is -1.88. The summed E-state index contributed by atoms with van der Waals surface area (Å²) in [7, 11) is -1.88. The van der Waals surface area contributed by atoms with Gasteiger partial charge in [-0.3, -0.25) is 0 Å². The summed E-state index contributed by atoms with van der Waals surface area (Å²) in [6.07, 6.45) is 2.75. The third kappa shape index (κ3) is 5.84. The number of benzene rings is 2. The molecule has 0 amide bonds. The van der Waals surface area contributed by atoms with E-state index in [1.54, 1.807) is 6.08 Å². The van der Waals surface area contributed by atoms with Gasteiger partial charge in [-0.1, -0.05) is 51.1 Å². The van der Waals surface area contributed by atoms with Crippen LogP contribution in [0.5, 0.6) is 0 Å². The maximum absolute atomic E-state index is 10.9. The third-order valence-corrected chi connectivity index (χ3v) is 10.6. The first-order valence-electron chi connectivity index (χ1n) is 10.9. The molecule has 3 rings (SSSR count). The van der Waals surface area contributed by atoms with Crippen LogP contribution in [0.1, 0.15) is 26.3 Å². The highest BCUT2D eigenvalue weighted by Crippen LogP contribution is 2.36. The maximum atomic E-state index is 10.9. The van der Waals surface area contributed by atoms with Crippen LogP contribution in [-0.2, 0) is 9.22 Å². The van der Waals surface area contributed by atoms with Crippen molar-refractivity contribution in [1.29, 1.82) is 0 Å². The van der Waals surface area contributed by atoms with E-state index in [4.69, 9.17) is 14.5 Å². The average molecular weight is 449 g/mol. The number of carboxylic acid groups (broad SMARTS) is 1. The lowest BCUT2D eigenvalue weighted by Gasteiger charge is -2.37. The van der Waals surface area contributed by atoms with Gasteiger partial charge in [-0.05, 0) is 60.1 Å². The molecule has 0 bridgehead atoms. The van der Waals surface area contributed by atoms with Gasteiger partial charge in [0.25, 0.3) is 0 Å². The highest BCUT2D eigenvalue weighted by molar-refractivity contribution is 6.74. The van der Waals surface area contributed by atoms with Crippen molar-refractivity contribution in [3.8, 4) is 0 Å². The van der Waals surface area contributed by atoms with Gasteiger partial charge >= 0.3 is 5.97 Å². The molecular weight excluding hydrogens is 416 g/mol. The number of fused-ring (bicyclic) bond motifs is 1. The van der Waals surface area contributed by atoms with E-state index in [2.05, 4.69) is 44.8 Å². The molecule has 0 aliphatic rings. The molecule has 0 radical (unpaired) electrons. The number of rotatable bonds is 8. The number of para-hydroxylation sites is 1. The molecule has 0 saturated carbocycles. The standard InChI is InChI=1S/C26H32N2O3Si/c1-26(2,3)32(4,5)31-18-17-28(22-11-8-9-20(19-22)13-16-25(29)30)24-15-14-21-10-6-7-12-23(21)27-24/h6-16,19H,17-18H2,1-5H3,(H,29,30)/b16-13+. The molecule has 0 unspecified atom stereocenters. The summed E-state index contributed by atoms with van der Waals surface area (Å²) < 4.78 is 6.44. The molecule has 6 heteroatoms. The number of hydrogen-bond donors (Lipinski definition) is 1. The van der Waals surface area contributed by atoms with Crippen LogP contribution in [0, 0.1) is 0 Å². The Morgan fingerprint density at radius 1 is 1.09 bits per heavy atom. The number of carbonyl (C=O) groups is 1. The Morgan fingerprint density at radius 3 is 2.56 bits per heavy atom. The third-order valence-electron chi connectivity index (χ3n) is 6.04. The molecular formula is C26H32N2O3Si. The fraction of sp³-hybridized carbons (Fsp3) is 0.308. The number of aliphatic carboxylic acids is 1. The number of aromatic nitrogens is 1. The molecule has 0 spiro atoms. The fourth-order valence-electron chi connectivity index (χ4n) is 3.15. The quantitative estimate of drug-likeness (QED) is 0.315. The highest BCUT2D eigenvalue weighted by atomic mass is 28.4. The molecule has 32 heavy (non-hydrogen) atoms. The molecule has 5 nitrogen and oxygen atoms in total. The normalized spacial score (nSPS) is 12.4. The van der Waals surface area contributed by atoms with Crippen LogP contribution >= 0.6 is 0 Å². The van der Waals surface area contributed by atoms with Crippen LogP contribution in [0.2, 0.25) is 18.1 Å².